The molecule has 0 amide bonds. The highest BCUT2D eigenvalue weighted by atomic mass is 32.1. The van der Waals surface area contributed by atoms with Crippen LogP contribution >= 0.6 is 12.2 Å². The van der Waals surface area contributed by atoms with Gasteiger partial charge in [-0.1, -0.05) is 66.8 Å². The van der Waals surface area contributed by atoms with Crippen LogP contribution in [0.4, 0.5) is 0 Å². The van der Waals surface area contributed by atoms with E-state index in [2.05, 4.69) is 19.7 Å². The van der Waals surface area contributed by atoms with Crippen molar-refractivity contribution in [3.05, 3.63) is 82.9 Å². The first kappa shape index (κ1) is 27.6. The fourth-order valence-electron chi connectivity index (χ4n) is 7.58. The zero-order valence-corrected chi connectivity index (χ0v) is 23.4. The average molecular weight is 547 g/mol. The lowest BCUT2D eigenvalue weighted by Gasteiger charge is -2.65. The normalized spacial score (nSPS) is 31.0. The highest BCUT2D eigenvalue weighted by Crippen LogP contribution is 2.62. The molecule has 3 fully saturated rings. The zero-order chi connectivity index (χ0) is 28.0. The van der Waals surface area contributed by atoms with Crippen LogP contribution in [0.25, 0.3) is 6.08 Å². The molecule has 1 heterocycles. The number of carboxylic acids is 1. The van der Waals surface area contributed by atoms with Gasteiger partial charge in [0.15, 0.2) is 0 Å². The zero-order valence-electron chi connectivity index (χ0n) is 22.6. The molecule has 4 aliphatic rings. The monoisotopic (exact) mass is 546 g/mol. The molecule has 1 unspecified atom stereocenters. The van der Waals surface area contributed by atoms with Gasteiger partial charge in [0, 0.05) is 29.7 Å². The van der Waals surface area contributed by atoms with Gasteiger partial charge in [0.25, 0.3) is 0 Å². The highest BCUT2D eigenvalue weighted by molar-refractivity contribution is 7.80. The van der Waals surface area contributed by atoms with E-state index < -0.39 is 17.0 Å². The quantitative estimate of drug-likeness (QED) is 0.230. The summed E-state index contributed by atoms with van der Waals surface area (Å²) in [4.78, 5) is 10.2. The Labute approximate surface area is 236 Å². The molecule has 4 N–H and O–H groups in total. The van der Waals surface area contributed by atoms with Crippen LogP contribution in [0.5, 0.6) is 5.75 Å². The van der Waals surface area contributed by atoms with Gasteiger partial charge in [0.2, 0.25) is 0 Å². The summed E-state index contributed by atoms with van der Waals surface area (Å²) in [6.45, 7) is 6.48. The standard InChI is InChI=1S/C23H30N2O2S.C9H8O2/c1-14-7-8-23(27)18-11-16-5-6-17(21(24)28)20(26)19(16)22(23,12-14)9-10-25(18,2)13-15-3-4-15;10-9(11)7-6-8-4-2-1-3-5-8/h5-6,15,18,27H,1,3-4,7-13H2,2H3,(H2-,24,26,28);1-7H,(H,10,11)/b;7-6+/t18-,22-,23-,25?;/m1./s1. The number of benzene rings is 2. The molecule has 2 bridgehead atoms. The van der Waals surface area contributed by atoms with Crippen molar-refractivity contribution < 1.29 is 24.6 Å². The van der Waals surface area contributed by atoms with Crippen molar-refractivity contribution in [2.24, 2.45) is 11.7 Å². The van der Waals surface area contributed by atoms with E-state index in [0.717, 1.165) is 78.4 Å². The summed E-state index contributed by atoms with van der Waals surface area (Å²) in [5, 5.41) is 33.5. The van der Waals surface area contributed by atoms with E-state index in [1.165, 1.54) is 24.5 Å². The fourth-order valence-corrected chi connectivity index (χ4v) is 7.75. The number of hydrogen-bond acceptors (Lipinski definition) is 5. The van der Waals surface area contributed by atoms with Crippen molar-refractivity contribution in [1.82, 2.24) is 0 Å². The lowest BCUT2D eigenvalue weighted by Crippen LogP contribution is -2.78. The second-order valence-electron chi connectivity index (χ2n) is 12.2. The number of carbonyl (C=O) groups is 1. The number of phenolic OH excluding ortho intramolecular Hbond substituents is 1. The van der Waals surface area contributed by atoms with Crippen molar-refractivity contribution in [2.45, 2.75) is 62.0 Å². The van der Waals surface area contributed by atoms with E-state index in [1.54, 1.807) is 0 Å². The second kappa shape index (κ2) is 10.2. The molecule has 0 spiro atoms. The summed E-state index contributed by atoms with van der Waals surface area (Å²) in [7, 11) is 2.35. The van der Waals surface area contributed by atoms with Crippen LogP contribution in [0, 0.1) is 5.92 Å². The molecule has 6 rings (SSSR count). The van der Waals surface area contributed by atoms with Crippen LogP contribution in [0.2, 0.25) is 0 Å². The third kappa shape index (κ3) is 4.92. The van der Waals surface area contributed by atoms with Gasteiger partial charge in [0.1, 0.15) is 22.4 Å². The van der Waals surface area contributed by atoms with Crippen molar-refractivity contribution in [2.75, 3.05) is 20.1 Å². The van der Waals surface area contributed by atoms with Crippen LogP contribution in [0.3, 0.4) is 0 Å². The topological polar surface area (TPSA) is 107 Å². The number of nitrogens with zero attached hydrogens (tertiary/aromatic N) is 1. The first-order chi connectivity index (χ1) is 18.5. The number of likely N-dealkylation sites (tertiary alicyclic amines) is 1. The maximum absolute atomic E-state index is 12.3. The molecule has 4 atom stereocenters. The van der Waals surface area contributed by atoms with Gasteiger partial charge < -0.3 is 30.3 Å². The summed E-state index contributed by atoms with van der Waals surface area (Å²) in [6, 6.07) is 13.3. The molecule has 7 heteroatoms. The summed E-state index contributed by atoms with van der Waals surface area (Å²) in [5.74, 6) is -0.171. The predicted molar refractivity (Wildman–Crippen MR) is 155 cm³/mol. The Morgan fingerprint density at radius 1 is 1.23 bits per heavy atom. The number of aliphatic hydroxyl groups is 1. The smallest absolute Gasteiger partial charge is 0.129 e. The summed E-state index contributed by atoms with van der Waals surface area (Å²) in [6.07, 6.45) is 9.16. The van der Waals surface area contributed by atoms with Gasteiger partial charge in [-0.2, -0.15) is 0 Å². The molecule has 0 aromatic heterocycles. The van der Waals surface area contributed by atoms with Crippen LogP contribution in [0.15, 0.2) is 60.7 Å². The summed E-state index contributed by atoms with van der Waals surface area (Å²) >= 11 is 5.19. The number of aliphatic carboxylic acids is 1. The van der Waals surface area contributed by atoms with Crippen molar-refractivity contribution in [1.29, 1.82) is 0 Å². The maximum Gasteiger partial charge on any atom is 0.129 e. The lowest BCUT2D eigenvalue weighted by molar-refractivity contribution is -0.950. The first-order valence-electron chi connectivity index (χ1n) is 13.8. The number of fused-ring (bicyclic) bond motifs is 1. The number of likely N-dealkylation sites (N-methyl/N-ethyl adjacent to an activating group) is 1. The number of piperidine rings is 1. The lowest BCUT2D eigenvalue weighted by atomic mass is 9.48. The predicted octanol–water partition coefficient (Wildman–Crippen LogP) is 3.37. The maximum atomic E-state index is 12.3. The molecular weight excluding hydrogens is 508 g/mol. The Kier molecular flexibility index (Phi) is 7.20. The van der Waals surface area contributed by atoms with Crippen molar-refractivity contribution in [3.63, 3.8) is 0 Å². The molecule has 39 heavy (non-hydrogen) atoms. The number of thiocarbonyl (C=S) groups is 1. The number of phenols is 1. The Morgan fingerprint density at radius 2 is 1.95 bits per heavy atom. The van der Waals surface area contributed by atoms with Gasteiger partial charge in [-0.15, -0.1) is 0 Å². The van der Waals surface area contributed by atoms with E-state index >= 15 is 0 Å². The van der Waals surface area contributed by atoms with E-state index in [9.17, 15) is 20.1 Å². The van der Waals surface area contributed by atoms with Gasteiger partial charge in [-0.25, -0.2) is 0 Å². The van der Waals surface area contributed by atoms with Crippen LogP contribution < -0.4 is 10.8 Å². The number of aromatic hydroxyl groups is 1. The summed E-state index contributed by atoms with van der Waals surface area (Å²) in [5.41, 5.74) is 9.21. The van der Waals surface area contributed by atoms with Gasteiger partial charge in [0.05, 0.1) is 31.7 Å². The average Bonchev–Trinajstić information content (AvgIpc) is 3.70. The van der Waals surface area contributed by atoms with E-state index in [0.29, 0.717) is 5.56 Å². The number of allylic oxidation sites excluding steroid dienone is 1. The third-order valence-electron chi connectivity index (χ3n) is 9.60. The number of rotatable bonds is 5. The van der Waals surface area contributed by atoms with Crippen LogP contribution in [-0.4, -0.2) is 57.4 Å². The molecular formula is C32H38N2O4S. The van der Waals surface area contributed by atoms with Crippen LogP contribution in [0.1, 0.15) is 60.8 Å². The molecule has 2 aromatic rings. The SMILES string of the molecule is C=C1CC[C@@]2(O)[C@H]3Cc4ccc(C(N)=S)c(O)c4[C@@]2(CC[N+]3(C)CC2CC2)C1.O=C([O-])/C=C/c1ccccc1. The Bertz CT molecular complexity index is 1340. The number of quaternary nitrogens is 1. The molecule has 6 nitrogen and oxygen atoms in total. The fraction of sp³-hybridized carbons (Fsp3) is 0.438. The minimum absolute atomic E-state index is 0.164. The Balaban J connectivity index is 0.000000237. The number of nitrogens with two attached hydrogens (primary N) is 1. The molecule has 3 aliphatic carbocycles. The highest BCUT2D eigenvalue weighted by Gasteiger charge is 2.69. The van der Waals surface area contributed by atoms with Gasteiger partial charge in [-0.05, 0) is 55.4 Å². The molecule has 206 valence electrons. The third-order valence-corrected chi connectivity index (χ3v) is 9.82. The first-order valence-corrected chi connectivity index (χ1v) is 14.2. The largest absolute Gasteiger partial charge is 0.545 e. The molecule has 0 radical (unpaired) electrons. The van der Waals surface area contributed by atoms with E-state index in [-0.39, 0.29) is 16.8 Å². The number of carbonyl (C=O) groups excluding carboxylic acids is 1. The second-order valence-corrected chi connectivity index (χ2v) is 12.6. The van der Waals surface area contributed by atoms with E-state index in [4.69, 9.17) is 18.0 Å². The minimum Gasteiger partial charge on any atom is -0.545 e. The Hall–Kier alpha value is -3.00. The van der Waals surface area contributed by atoms with Crippen LogP contribution in [-0.2, 0) is 16.6 Å². The Morgan fingerprint density at radius 3 is 2.59 bits per heavy atom. The molecule has 2 aromatic carbocycles. The van der Waals surface area contributed by atoms with E-state index in [1.807, 2.05) is 36.4 Å². The van der Waals surface area contributed by atoms with Crippen molar-refractivity contribution >= 4 is 29.3 Å². The minimum atomic E-state index is -1.17. The number of hydrogen-bond donors (Lipinski definition) is 3. The van der Waals surface area contributed by atoms with Crippen molar-refractivity contribution in [3.8, 4) is 5.75 Å². The number of carboxylic acid groups (broad SMARTS) is 1. The summed E-state index contributed by atoms with van der Waals surface area (Å²) < 4.78 is 0.951. The molecule has 1 aliphatic heterocycles. The van der Waals surface area contributed by atoms with Gasteiger partial charge in [-0.3, -0.25) is 0 Å². The van der Waals surface area contributed by atoms with Gasteiger partial charge >= 0.3 is 0 Å². The molecule has 2 saturated carbocycles. The molecule has 1 saturated heterocycles.